The molecule has 12 rings (SSSR count). The van der Waals surface area contributed by atoms with Crippen LogP contribution in [0.15, 0.2) is 200 Å². The van der Waals surface area contributed by atoms with Gasteiger partial charge < -0.3 is 18.8 Å². The van der Waals surface area contributed by atoms with Crippen molar-refractivity contribution in [3.05, 3.63) is 222 Å². The second-order valence-corrected chi connectivity index (χ2v) is 26.0. The number of hydrogen-bond donors (Lipinski definition) is 0. The third-order valence-electron chi connectivity index (χ3n) is 16.7. The number of rotatable bonds is 7. The number of aromatic nitrogens is 2. The standard InChI is InChI=1S/C71H72B2N4/c1-68(2,3)47-32-37-61-54(42-47)55-43-48(69(4,5)6)33-38-62(55)76(61)72(58-28-20-22-30-65(58)74(13)52-24-16-14-17-25-52)51-36-41-67-60(46-51)73(59-29-21-23-31-66(59)75(67)53-26-18-15-19-27-53)77-63-39-34-49(70(7,8)9)44-56(63)57-45-50(71(10,11)12)35-40-64(57)77/h14-46H,1-13H3. The van der Waals surface area contributed by atoms with Crippen LogP contribution in [0.4, 0.5) is 28.4 Å². The number of benzene rings is 9. The molecule has 0 amide bonds. The molecule has 3 heterocycles. The first-order chi connectivity index (χ1) is 36.7. The number of anilines is 5. The highest BCUT2D eigenvalue weighted by Gasteiger charge is 2.40. The van der Waals surface area contributed by atoms with Crippen LogP contribution in [-0.2, 0) is 21.7 Å². The topological polar surface area (TPSA) is 16.3 Å². The third kappa shape index (κ3) is 8.56. The van der Waals surface area contributed by atoms with Crippen LogP contribution in [-0.4, -0.2) is 29.7 Å². The number of hydrogen-bond acceptors (Lipinski definition) is 2. The third-order valence-corrected chi connectivity index (χ3v) is 16.7. The van der Waals surface area contributed by atoms with Crippen molar-refractivity contribution >= 4 is 108 Å². The molecule has 9 aromatic carbocycles. The van der Waals surface area contributed by atoms with Gasteiger partial charge in [-0.15, -0.1) is 0 Å². The zero-order chi connectivity index (χ0) is 53.9. The molecule has 4 nitrogen and oxygen atoms in total. The first-order valence-corrected chi connectivity index (χ1v) is 27.8. The van der Waals surface area contributed by atoms with Gasteiger partial charge in [0.15, 0.2) is 0 Å². The molecule has 1 aliphatic rings. The van der Waals surface area contributed by atoms with Crippen molar-refractivity contribution in [2.45, 2.75) is 105 Å². The molecule has 0 bridgehead atoms. The van der Waals surface area contributed by atoms with Crippen molar-refractivity contribution < 1.29 is 0 Å². The number of fused-ring (bicyclic) bond motifs is 8. The summed E-state index contributed by atoms with van der Waals surface area (Å²) in [5.74, 6) is 0. The van der Waals surface area contributed by atoms with Crippen LogP contribution in [0, 0.1) is 0 Å². The molecule has 0 fully saturated rings. The zero-order valence-electron chi connectivity index (χ0n) is 47.5. The summed E-state index contributed by atoms with van der Waals surface area (Å²) in [7, 11) is 2.22. The monoisotopic (exact) mass is 1000 g/mol. The maximum Gasteiger partial charge on any atom is 0.332 e. The van der Waals surface area contributed by atoms with Gasteiger partial charge in [0.2, 0.25) is 0 Å². The Bertz CT molecular complexity index is 3920. The normalized spacial score (nSPS) is 13.2. The van der Waals surface area contributed by atoms with Crippen LogP contribution in [0.25, 0.3) is 43.6 Å². The smallest absolute Gasteiger partial charge is 0.332 e. The van der Waals surface area contributed by atoms with E-state index in [-0.39, 0.29) is 35.4 Å². The highest BCUT2D eigenvalue weighted by atomic mass is 15.2. The molecule has 382 valence electrons. The van der Waals surface area contributed by atoms with Crippen LogP contribution in [0.5, 0.6) is 0 Å². The molecule has 0 spiro atoms. The summed E-state index contributed by atoms with van der Waals surface area (Å²) in [5, 5.41) is 5.16. The summed E-state index contributed by atoms with van der Waals surface area (Å²) < 4.78 is 5.36. The summed E-state index contributed by atoms with van der Waals surface area (Å²) in [5.41, 5.74) is 20.9. The van der Waals surface area contributed by atoms with Gasteiger partial charge in [-0.25, -0.2) is 0 Å². The van der Waals surface area contributed by atoms with E-state index in [0.717, 1.165) is 17.1 Å². The predicted octanol–water partition coefficient (Wildman–Crippen LogP) is 16.0. The van der Waals surface area contributed by atoms with Gasteiger partial charge in [0.25, 0.3) is 0 Å². The lowest BCUT2D eigenvalue weighted by molar-refractivity contribution is 0.590. The highest BCUT2D eigenvalue weighted by molar-refractivity contribution is 6.90. The summed E-state index contributed by atoms with van der Waals surface area (Å²) in [6.07, 6.45) is 0. The largest absolute Gasteiger partial charge is 0.376 e. The Morgan fingerprint density at radius 1 is 0.390 bits per heavy atom. The molecule has 0 N–H and O–H groups in total. The Kier molecular flexibility index (Phi) is 11.9. The van der Waals surface area contributed by atoms with Crippen molar-refractivity contribution in [3.8, 4) is 0 Å². The quantitative estimate of drug-likeness (QED) is 0.148. The fourth-order valence-corrected chi connectivity index (χ4v) is 12.3. The van der Waals surface area contributed by atoms with E-state index < -0.39 is 0 Å². The lowest BCUT2D eigenvalue weighted by Gasteiger charge is -2.38. The SMILES string of the molecule is CN(c1ccccc1)c1ccccc1B(c1ccc2c(c1)B(n1c3ccc(C(C)(C)C)cc3c3cc(C(C)(C)C)ccc31)c1ccccc1N2c1ccccc1)n1c2ccc(C(C)(C)C)cc2c2cc(C(C)(C)C)ccc21. The maximum atomic E-state index is 2.68. The van der Waals surface area contributed by atoms with Gasteiger partial charge in [0, 0.05) is 79.1 Å². The fraction of sp³-hybridized carbons (Fsp3) is 0.239. The molecule has 0 unspecified atom stereocenters. The zero-order valence-corrected chi connectivity index (χ0v) is 47.5. The van der Waals surface area contributed by atoms with Crippen molar-refractivity contribution in [1.29, 1.82) is 0 Å². The van der Waals surface area contributed by atoms with Crippen molar-refractivity contribution in [3.63, 3.8) is 0 Å². The Labute approximate surface area is 458 Å². The molecule has 2 aromatic heterocycles. The molecule has 0 atom stereocenters. The minimum Gasteiger partial charge on any atom is -0.376 e. The highest BCUT2D eigenvalue weighted by Crippen LogP contribution is 2.42. The van der Waals surface area contributed by atoms with Crippen molar-refractivity contribution in [1.82, 2.24) is 8.96 Å². The van der Waals surface area contributed by atoms with Gasteiger partial charge in [-0.3, -0.25) is 0 Å². The summed E-state index contributed by atoms with van der Waals surface area (Å²) in [6.45, 7) is 27.6. The van der Waals surface area contributed by atoms with E-state index in [1.807, 2.05) is 0 Å². The van der Waals surface area contributed by atoms with Crippen molar-refractivity contribution in [2.75, 3.05) is 16.8 Å². The predicted molar refractivity (Wildman–Crippen MR) is 337 cm³/mol. The minimum absolute atomic E-state index is 0.0192. The lowest BCUT2D eigenvalue weighted by atomic mass is 9.44. The summed E-state index contributed by atoms with van der Waals surface area (Å²) >= 11 is 0. The number of nitrogens with zero attached hydrogens (tertiary/aromatic N) is 4. The van der Waals surface area contributed by atoms with Gasteiger partial charge >= 0.3 is 13.7 Å². The summed E-state index contributed by atoms with van der Waals surface area (Å²) in [6, 6.07) is 76.6. The lowest BCUT2D eigenvalue weighted by Crippen LogP contribution is -2.57. The molecular formula is C71H72B2N4. The molecule has 6 heteroatoms. The van der Waals surface area contributed by atoms with E-state index in [1.165, 1.54) is 99.1 Å². The van der Waals surface area contributed by atoms with Crippen molar-refractivity contribution in [2.24, 2.45) is 0 Å². The minimum atomic E-state index is -0.242. The van der Waals surface area contributed by atoms with E-state index in [9.17, 15) is 0 Å². The van der Waals surface area contributed by atoms with Gasteiger partial charge in [-0.05, 0) is 151 Å². The van der Waals surface area contributed by atoms with E-state index in [0.29, 0.717) is 0 Å². The Balaban J connectivity index is 1.21. The second kappa shape index (κ2) is 18.2. The molecule has 0 saturated heterocycles. The van der Waals surface area contributed by atoms with Crippen LogP contribution < -0.4 is 31.7 Å². The summed E-state index contributed by atoms with van der Waals surface area (Å²) in [4.78, 5) is 4.87. The first kappa shape index (κ1) is 50.1. The average molecular weight is 1000 g/mol. The molecule has 11 aromatic rings. The Morgan fingerprint density at radius 3 is 1.34 bits per heavy atom. The first-order valence-electron chi connectivity index (χ1n) is 27.8. The molecule has 1 aliphatic heterocycles. The average Bonchev–Trinajstić information content (AvgIpc) is 4.17. The second-order valence-electron chi connectivity index (χ2n) is 26.0. The van der Waals surface area contributed by atoms with Crippen LogP contribution >= 0.6 is 0 Å². The van der Waals surface area contributed by atoms with Gasteiger partial charge in [-0.2, -0.15) is 0 Å². The molecule has 0 radical (unpaired) electrons. The Morgan fingerprint density at radius 2 is 0.818 bits per heavy atom. The van der Waals surface area contributed by atoms with Gasteiger partial charge in [0.1, 0.15) is 0 Å². The van der Waals surface area contributed by atoms with E-state index in [4.69, 9.17) is 0 Å². The van der Waals surface area contributed by atoms with E-state index >= 15 is 0 Å². The van der Waals surface area contributed by atoms with E-state index in [1.54, 1.807) is 0 Å². The van der Waals surface area contributed by atoms with Crippen LogP contribution in [0.3, 0.4) is 0 Å². The molecule has 0 saturated carbocycles. The molecule has 77 heavy (non-hydrogen) atoms. The van der Waals surface area contributed by atoms with Gasteiger partial charge in [0.05, 0.1) is 0 Å². The van der Waals surface area contributed by atoms with E-state index in [2.05, 4.69) is 309 Å². The van der Waals surface area contributed by atoms with Crippen LogP contribution in [0.2, 0.25) is 0 Å². The van der Waals surface area contributed by atoms with Crippen LogP contribution in [0.1, 0.15) is 105 Å². The Hall–Kier alpha value is -7.69. The fourth-order valence-electron chi connectivity index (χ4n) is 12.3. The molecule has 0 aliphatic carbocycles. The van der Waals surface area contributed by atoms with Gasteiger partial charge in [-0.1, -0.05) is 198 Å². The number of para-hydroxylation sites is 4. The molecular weight excluding hydrogens is 930 g/mol. The maximum absolute atomic E-state index is 2.68.